The molecule has 2 N–H and O–H groups in total. The Hall–Kier alpha value is -1.84. The van der Waals surface area contributed by atoms with Gasteiger partial charge in [0, 0.05) is 12.7 Å². The average Bonchev–Trinajstić information content (AvgIpc) is 2.15. The van der Waals surface area contributed by atoms with Crippen molar-refractivity contribution in [2.45, 2.75) is 0 Å². The van der Waals surface area contributed by atoms with Crippen LogP contribution in [-0.2, 0) is 0 Å². The molecule has 0 amide bonds. The molecule has 4 heteroatoms. The van der Waals surface area contributed by atoms with E-state index in [0.717, 1.165) is 0 Å². The summed E-state index contributed by atoms with van der Waals surface area (Å²) >= 11 is 0. The highest BCUT2D eigenvalue weighted by Crippen LogP contribution is 2.10. The second kappa shape index (κ2) is 4.25. The van der Waals surface area contributed by atoms with Crippen molar-refractivity contribution in [3.63, 3.8) is 0 Å². The first kappa shape index (κ1) is 9.25. The van der Waals surface area contributed by atoms with Gasteiger partial charge in [-0.2, -0.15) is 0 Å². The molecule has 0 fully saturated rings. The number of hydrogen-bond acceptors (Lipinski definition) is 3. The third-order valence-corrected chi connectivity index (χ3v) is 1.45. The lowest BCUT2D eigenvalue weighted by Crippen LogP contribution is -2.07. The van der Waals surface area contributed by atoms with Gasteiger partial charge >= 0.3 is 5.97 Å². The fourth-order valence-electron chi connectivity index (χ4n) is 0.888. The Balaban J connectivity index is 2.90. The lowest BCUT2D eigenvalue weighted by molar-refractivity contribution is 0.0697. The van der Waals surface area contributed by atoms with Crippen LogP contribution in [0.4, 0.5) is 5.82 Å². The van der Waals surface area contributed by atoms with Crippen molar-refractivity contribution in [1.29, 1.82) is 0 Å². The minimum atomic E-state index is -0.986. The van der Waals surface area contributed by atoms with Crippen molar-refractivity contribution in [2.75, 3.05) is 11.9 Å². The van der Waals surface area contributed by atoms with Crippen LogP contribution in [0.2, 0.25) is 0 Å². The molecule has 68 valence electrons. The van der Waals surface area contributed by atoms with Crippen LogP contribution in [0.1, 0.15) is 10.4 Å². The summed E-state index contributed by atoms with van der Waals surface area (Å²) in [4.78, 5) is 14.6. The van der Waals surface area contributed by atoms with Crippen LogP contribution in [0.25, 0.3) is 0 Å². The van der Waals surface area contributed by atoms with Gasteiger partial charge in [-0.3, -0.25) is 0 Å². The van der Waals surface area contributed by atoms with Gasteiger partial charge in [0.15, 0.2) is 0 Å². The molecule has 13 heavy (non-hydrogen) atoms. The van der Waals surface area contributed by atoms with Crippen LogP contribution in [0.5, 0.6) is 0 Å². The number of nitrogens with zero attached hydrogens (tertiary/aromatic N) is 1. The van der Waals surface area contributed by atoms with Crippen LogP contribution in [0.3, 0.4) is 0 Å². The average molecular weight is 178 g/mol. The SMILES string of the molecule is C=CCNc1ncccc1C(=O)O. The molecule has 0 aromatic carbocycles. The molecular weight excluding hydrogens is 168 g/mol. The van der Waals surface area contributed by atoms with Crippen molar-refractivity contribution in [1.82, 2.24) is 4.98 Å². The minimum Gasteiger partial charge on any atom is -0.478 e. The normalized spacial score (nSPS) is 9.23. The number of pyridine rings is 1. The molecule has 1 aromatic rings. The molecule has 0 aliphatic heterocycles. The van der Waals surface area contributed by atoms with E-state index < -0.39 is 5.97 Å². The minimum absolute atomic E-state index is 0.171. The first-order chi connectivity index (χ1) is 6.25. The van der Waals surface area contributed by atoms with Crippen LogP contribution in [-0.4, -0.2) is 22.6 Å². The molecule has 0 aliphatic rings. The highest BCUT2D eigenvalue weighted by atomic mass is 16.4. The van der Waals surface area contributed by atoms with Gasteiger partial charge in [0.05, 0.1) is 0 Å². The molecule has 4 nitrogen and oxygen atoms in total. The molecule has 1 rings (SSSR count). The van der Waals surface area contributed by atoms with Crippen LogP contribution in [0.15, 0.2) is 31.0 Å². The zero-order chi connectivity index (χ0) is 9.68. The van der Waals surface area contributed by atoms with E-state index in [1.54, 1.807) is 12.1 Å². The second-order valence-electron chi connectivity index (χ2n) is 2.37. The molecule has 0 atom stereocenters. The van der Waals surface area contributed by atoms with E-state index in [0.29, 0.717) is 12.4 Å². The number of rotatable bonds is 4. The molecule has 0 unspecified atom stereocenters. The third-order valence-electron chi connectivity index (χ3n) is 1.45. The van der Waals surface area contributed by atoms with Gasteiger partial charge in [-0.15, -0.1) is 6.58 Å². The van der Waals surface area contributed by atoms with Gasteiger partial charge in [0.2, 0.25) is 0 Å². The highest BCUT2D eigenvalue weighted by Gasteiger charge is 2.08. The predicted octanol–water partition coefficient (Wildman–Crippen LogP) is 1.38. The Morgan fingerprint density at radius 3 is 3.15 bits per heavy atom. The van der Waals surface area contributed by atoms with Gasteiger partial charge in [0.1, 0.15) is 11.4 Å². The largest absolute Gasteiger partial charge is 0.478 e. The fourth-order valence-corrected chi connectivity index (χ4v) is 0.888. The topological polar surface area (TPSA) is 62.2 Å². The molecule has 1 aromatic heterocycles. The molecule has 0 saturated carbocycles. The van der Waals surface area contributed by atoms with Gasteiger partial charge in [-0.1, -0.05) is 6.08 Å². The zero-order valence-corrected chi connectivity index (χ0v) is 7.03. The molecule has 0 spiro atoms. The summed E-state index contributed by atoms with van der Waals surface area (Å²) in [6.45, 7) is 4.01. The standard InChI is InChI=1S/C9H10N2O2/c1-2-5-10-8-7(9(12)13)4-3-6-11-8/h2-4,6H,1,5H2,(H,10,11)(H,12,13). The Morgan fingerprint density at radius 1 is 1.77 bits per heavy atom. The Labute approximate surface area is 75.9 Å². The second-order valence-corrected chi connectivity index (χ2v) is 2.37. The van der Waals surface area contributed by atoms with Gasteiger partial charge in [0.25, 0.3) is 0 Å². The lowest BCUT2D eigenvalue weighted by Gasteiger charge is -2.04. The molecule has 0 bridgehead atoms. The zero-order valence-electron chi connectivity index (χ0n) is 7.03. The fraction of sp³-hybridized carbons (Fsp3) is 0.111. The number of anilines is 1. The summed E-state index contributed by atoms with van der Waals surface area (Å²) in [5, 5.41) is 11.6. The van der Waals surface area contributed by atoms with Crippen molar-refractivity contribution in [3.05, 3.63) is 36.5 Å². The Kier molecular flexibility index (Phi) is 3.03. The van der Waals surface area contributed by atoms with Crippen molar-refractivity contribution in [2.24, 2.45) is 0 Å². The summed E-state index contributed by atoms with van der Waals surface area (Å²) < 4.78 is 0. The van der Waals surface area contributed by atoms with E-state index in [-0.39, 0.29) is 5.56 Å². The number of hydrogen-bond donors (Lipinski definition) is 2. The van der Waals surface area contributed by atoms with E-state index >= 15 is 0 Å². The summed E-state index contributed by atoms with van der Waals surface area (Å²) in [6, 6.07) is 3.09. The van der Waals surface area contributed by atoms with Crippen LogP contribution < -0.4 is 5.32 Å². The summed E-state index contributed by atoms with van der Waals surface area (Å²) in [7, 11) is 0. The molecule has 0 aliphatic carbocycles. The van der Waals surface area contributed by atoms with Gasteiger partial charge in [-0.25, -0.2) is 9.78 Å². The summed E-state index contributed by atoms with van der Waals surface area (Å²) in [6.07, 6.45) is 3.18. The number of aromatic carboxylic acids is 1. The van der Waals surface area contributed by atoms with Gasteiger partial charge in [-0.05, 0) is 12.1 Å². The molecule has 0 saturated heterocycles. The van der Waals surface area contributed by atoms with Gasteiger partial charge < -0.3 is 10.4 Å². The van der Waals surface area contributed by atoms with Crippen molar-refractivity contribution in [3.8, 4) is 0 Å². The van der Waals surface area contributed by atoms with Crippen molar-refractivity contribution >= 4 is 11.8 Å². The predicted molar refractivity (Wildman–Crippen MR) is 49.9 cm³/mol. The number of carboxylic acids is 1. The molecular formula is C9H10N2O2. The number of carboxylic acid groups (broad SMARTS) is 1. The third kappa shape index (κ3) is 2.30. The van der Waals surface area contributed by atoms with E-state index in [9.17, 15) is 4.79 Å². The highest BCUT2D eigenvalue weighted by molar-refractivity contribution is 5.92. The van der Waals surface area contributed by atoms with Crippen LogP contribution in [0, 0.1) is 0 Å². The quantitative estimate of drug-likeness (QED) is 0.683. The smallest absolute Gasteiger partial charge is 0.339 e. The first-order valence-corrected chi connectivity index (χ1v) is 3.78. The van der Waals surface area contributed by atoms with E-state index in [4.69, 9.17) is 5.11 Å². The van der Waals surface area contributed by atoms with Crippen LogP contribution >= 0.6 is 0 Å². The number of carbonyl (C=O) groups is 1. The Bertz CT molecular complexity index is 323. The maximum absolute atomic E-state index is 10.7. The van der Waals surface area contributed by atoms with E-state index in [1.807, 2.05) is 0 Å². The van der Waals surface area contributed by atoms with Crippen molar-refractivity contribution < 1.29 is 9.90 Å². The van der Waals surface area contributed by atoms with E-state index in [1.165, 1.54) is 12.3 Å². The molecule has 1 heterocycles. The number of aromatic nitrogens is 1. The first-order valence-electron chi connectivity index (χ1n) is 3.78. The monoisotopic (exact) mass is 178 g/mol. The summed E-state index contributed by atoms with van der Waals surface area (Å²) in [5.41, 5.74) is 0.171. The number of nitrogens with one attached hydrogen (secondary N) is 1. The maximum Gasteiger partial charge on any atom is 0.339 e. The summed E-state index contributed by atoms with van der Waals surface area (Å²) in [5.74, 6) is -0.616. The Morgan fingerprint density at radius 2 is 2.54 bits per heavy atom. The lowest BCUT2D eigenvalue weighted by atomic mass is 10.2. The van der Waals surface area contributed by atoms with E-state index in [2.05, 4.69) is 16.9 Å². The molecule has 0 radical (unpaired) electrons. The maximum atomic E-state index is 10.7.